The summed E-state index contributed by atoms with van der Waals surface area (Å²) in [7, 11) is 0. The van der Waals surface area contributed by atoms with Crippen LogP contribution in [-0.2, 0) is 22.6 Å². The predicted octanol–water partition coefficient (Wildman–Crippen LogP) is 4.21. The number of amides is 2. The third-order valence-corrected chi connectivity index (χ3v) is 4.79. The highest BCUT2D eigenvalue weighted by molar-refractivity contribution is 6.31. The van der Waals surface area contributed by atoms with Crippen molar-refractivity contribution < 1.29 is 14.0 Å². The Hall–Kier alpha value is -2.40. The summed E-state index contributed by atoms with van der Waals surface area (Å²) in [6, 6.07) is 12.4. The summed E-state index contributed by atoms with van der Waals surface area (Å²) in [4.78, 5) is 27.1. The first-order valence-electron chi connectivity index (χ1n) is 9.33. The van der Waals surface area contributed by atoms with Crippen LogP contribution in [0.15, 0.2) is 48.5 Å². The normalized spacial score (nSPS) is 11.9. The van der Waals surface area contributed by atoms with Crippen LogP contribution in [0.25, 0.3) is 0 Å². The number of benzene rings is 2. The highest BCUT2D eigenvalue weighted by Crippen LogP contribution is 2.19. The maximum absolute atomic E-state index is 13.1. The molecule has 6 heteroatoms. The van der Waals surface area contributed by atoms with Gasteiger partial charge in [-0.2, -0.15) is 0 Å². The molecule has 0 aliphatic rings. The van der Waals surface area contributed by atoms with Crippen LogP contribution in [0.2, 0.25) is 5.02 Å². The van der Waals surface area contributed by atoms with Crippen LogP contribution in [0.3, 0.4) is 0 Å². The third kappa shape index (κ3) is 6.34. The molecule has 0 unspecified atom stereocenters. The Bertz CT molecular complexity index is 808. The molecule has 2 aromatic rings. The van der Waals surface area contributed by atoms with E-state index in [4.69, 9.17) is 11.6 Å². The van der Waals surface area contributed by atoms with Gasteiger partial charge in [0.1, 0.15) is 11.9 Å². The molecule has 1 N–H and O–H groups in total. The van der Waals surface area contributed by atoms with Crippen molar-refractivity contribution >= 4 is 23.4 Å². The van der Waals surface area contributed by atoms with Crippen molar-refractivity contribution in [2.24, 2.45) is 5.92 Å². The molecule has 0 aromatic heterocycles. The van der Waals surface area contributed by atoms with E-state index in [1.54, 1.807) is 25.1 Å². The number of hydrogen-bond acceptors (Lipinski definition) is 2. The molecule has 2 aromatic carbocycles. The van der Waals surface area contributed by atoms with Crippen molar-refractivity contribution in [2.45, 2.75) is 39.8 Å². The number of nitrogens with one attached hydrogen (secondary N) is 1. The van der Waals surface area contributed by atoms with E-state index in [0.29, 0.717) is 23.0 Å². The van der Waals surface area contributed by atoms with Crippen LogP contribution in [0, 0.1) is 11.7 Å². The minimum absolute atomic E-state index is 0.0759. The molecule has 0 saturated heterocycles. The van der Waals surface area contributed by atoms with Gasteiger partial charge in [0, 0.05) is 18.1 Å². The number of halogens is 2. The largest absolute Gasteiger partial charge is 0.354 e. The second kappa shape index (κ2) is 10.2. The third-order valence-electron chi connectivity index (χ3n) is 4.42. The van der Waals surface area contributed by atoms with Gasteiger partial charge in [-0.05, 0) is 42.2 Å². The van der Waals surface area contributed by atoms with Crippen LogP contribution in [0.1, 0.15) is 31.9 Å². The molecule has 0 heterocycles. The lowest BCUT2D eigenvalue weighted by Gasteiger charge is -2.29. The van der Waals surface area contributed by atoms with Gasteiger partial charge in [-0.25, -0.2) is 4.39 Å². The summed E-state index contributed by atoms with van der Waals surface area (Å²) < 4.78 is 13.1. The molecule has 0 saturated carbocycles. The maximum atomic E-state index is 13.1. The molecule has 2 amide bonds. The molecule has 0 radical (unpaired) electrons. The first-order valence-corrected chi connectivity index (χ1v) is 9.70. The minimum Gasteiger partial charge on any atom is -0.354 e. The van der Waals surface area contributed by atoms with Crippen LogP contribution < -0.4 is 5.32 Å². The highest BCUT2D eigenvalue weighted by atomic mass is 35.5. The first-order chi connectivity index (χ1) is 13.3. The Morgan fingerprint density at radius 3 is 2.32 bits per heavy atom. The Labute approximate surface area is 170 Å². The monoisotopic (exact) mass is 404 g/mol. The summed E-state index contributed by atoms with van der Waals surface area (Å²) in [6.45, 7) is 6.47. The summed E-state index contributed by atoms with van der Waals surface area (Å²) >= 11 is 6.26. The zero-order valence-electron chi connectivity index (χ0n) is 16.4. The molecule has 0 fully saturated rings. The first kappa shape index (κ1) is 21.9. The number of rotatable bonds is 8. The molecule has 0 bridgehead atoms. The smallest absolute Gasteiger partial charge is 0.242 e. The van der Waals surface area contributed by atoms with E-state index in [1.807, 2.05) is 32.0 Å². The van der Waals surface area contributed by atoms with Crippen molar-refractivity contribution in [2.75, 3.05) is 6.54 Å². The second-order valence-electron chi connectivity index (χ2n) is 7.23. The van der Waals surface area contributed by atoms with Crippen molar-refractivity contribution in [3.63, 3.8) is 0 Å². The molecule has 28 heavy (non-hydrogen) atoms. The van der Waals surface area contributed by atoms with Crippen LogP contribution in [-0.4, -0.2) is 29.3 Å². The number of nitrogens with zero attached hydrogens (tertiary/aromatic N) is 1. The molecule has 1 atom stereocenters. The minimum atomic E-state index is -0.664. The Morgan fingerprint density at radius 2 is 1.71 bits per heavy atom. The fraction of sp³-hybridized carbons (Fsp3) is 0.364. The summed E-state index contributed by atoms with van der Waals surface area (Å²) in [5.74, 6) is -0.486. The van der Waals surface area contributed by atoms with Gasteiger partial charge in [0.05, 0.1) is 6.42 Å². The molecule has 150 valence electrons. The Morgan fingerprint density at radius 1 is 1.07 bits per heavy atom. The Kier molecular flexibility index (Phi) is 8.00. The Balaban J connectivity index is 2.21. The number of carbonyl (C=O) groups is 2. The lowest BCUT2D eigenvalue weighted by Crippen LogP contribution is -2.48. The number of carbonyl (C=O) groups excluding carboxylic acids is 2. The summed E-state index contributed by atoms with van der Waals surface area (Å²) in [5.41, 5.74) is 1.45. The quantitative estimate of drug-likeness (QED) is 0.716. The van der Waals surface area contributed by atoms with Gasteiger partial charge in [0.2, 0.25) is 11.8 Å². The molecule has 0 spiro atoms. The molecule has 0 aliphatic heterocycles. The topological polar surface area (TPSA) is 49.4 Å². The fourth-order valence-corrected chi connectivity index (χ4v) is 2.92. The van der Waals surface area contributed by atoms with Gasteiger partial charge < -0.3 is 10.2 Å². The van der Waals surface area contributed by atoms with Crippen LogP contribution in [0.5, 0.6) is 0 Å². The summed E-state index contributed by atoms with van der Waals surface area (Å²) in [5, 5.41) is 3.41. The van der Waals surface area contributed by atoms with E-state index in [2.05, 4.69) is 5.32 Å². The second-order valence-corrected chi connectivity index (χ2v) is 7.64. The van der Waals surface area contributed by atoms with Crippen LogP contribution >= 0.6 is 11.6 Å². The van der Waals surface area contributed by atoms with Gasteiger partial charge >= 0.3 is 0 Å². The van der Waals surface area contributed by atoms with Crippen molar-refractivity contribution in [3.8, 4) is 0 Å². The van der Waals surface area contributed by atoms with E-state index in [-0.39, 0.29) is 30.6 Å². The SMILES string of the molecule is CC(C)CNC(=O)[C@@H](C)N(Cc1ccccc1Cl)C(=O)Cc1ccc(F)cc1. The van der Waals surface area contributed by atoms with Crippen molar-refractivity contribution in [3.05, 3.63) is 70.5 Å². The fourth-order valence-electron chi connectivity index (χ4n) is 2.72. The van der Waals surface area contributed by atoms with Gasteiger partial charge in [0.15, 0.2) is 0 Å². The van der Waals surface area contributed by atoms with E-state index in [9.17, 15) is 14.0 Å². The standard InChI is InChI=1S/C22H26ClFN2O2/c1-15(2)13-25-22(28)16(3)26(14-18-6-4-5-7-20(18)23)21(27)12-17-8-10-19(24)11-9-17/h4-11,15-16H,12-14H2,1-3H3,(H,25,28)/t16-/m1/s1. The van der Waals surface area contributed by atoms with Gasteiger partial charge in [0.25, 0.3) is 0 Å². The highest BCUT2D eigenvalue weighted by Gasteiger charge is 2.26. The lowest BCUT2D eigenvalue weighted by atomic mass is 10.1. The lowest BCUT2D eigenvalue weighted by molar-refractivity contribution is -0.140. The van der Waals surface area contributed by atoms with Crippen LogP contribution in [0.4, 0.5) is 4.39 Å². The van der Waals surface area contributed by atoms with E-state index >= 15 is 0 Å². The predicted molar refractivity (Wildman–Crippen MR) is 109 cm³/mol. The van der Waals surface area contributed by atoms with Gasteiger partial charge in [-0.3, -0.25) is 9.59 Å². The molecular weight excluding hydrogens is 379 g/mol. The van der Waals surface area contributed by atoms with Crippen molar-refractivity contribution in [1.82, 2.24) is 10.2 Å². The molecule has 2 rings (SSSR count). The van der Waals surface area contributed by atoms with E-state index in [0.717, 1.165) is 5.56 Å². The molecule has 0 aliphatic carbocycles. The van der Waals surface area contributed by atoms with E-state index in [1.165, 1.54) is 17.0 Å². The summed E-state index contributed by atoms with van der Waals surface area (Å²) in [6.07, 6.45) is 0.0759. The zero-order chi connectivity index (χ0) is 20.7. The van der Waals surface area contributed by atoms with Gasteiger partial charge in [-0.1, -0.05) is 55.8 Å². The van der Waals surface area contributed by atoms with Crippen molar-refractivity contribution in [1.29, 1.82) is 0 Å². The number of hydrogen-bond donors (Lipinski definition) is 1. The maximum Gasteiger partial charge on any atom is 0.242 e. The van der Waals surface area contributed by atoms with E-state index < -0.39 is 6.04 Å². The molecular formula is C22H26ClFN2O2. The average molecular weight is 405 g/mol. The van der Waals surface area contributed by atoms with Gasteiger partial charge in [-0.15, -0.1) is 0 Å². The zero-order valence-corrected chi connectivity index (χ0v) is 17.2. The molecule has 4 nitrogen and oxygen atoms in total. The average Bonchev–Trinajstić information content (AvgIpc) is 2.66.